The molecule has 150 valence electrons. The summed E-state index contributed by atoms with van der Waals surface area (Å²) < 4.78 is 55.2. The molecule has 0 saturated heterocycles. The van der Waals surface area contributed by atoms with E-state index in [1.54, 1.807) is 30.3 Å². The number of pyridine rings is 1. The summed E-state index contributed by atoms with van der Waals surface area (Å²) in [5.74, 6) is 0. The largest absolute Gasteiger partial charge is 0.417 e. The normalized spacial score (nSPS) is 13.4. The van der Waals surface area contributed by atoms with Crippen molar-refractivity contribution < 1.29 is 22.2 Å². The molecular weight excluding hydrogens is 448 g/mol. The fourth-order valence-electron chi connectivity index (χ4n) is 2.53. The highest BCUT2D eigenvalue weighted by molar-refractivity contribution is 8.01. The van der Waals surface area contributed by atoms with Crippen molar-refractivity contribution in [2.75, 3.05) is 4.72 Å². The molecular formula is C19H11Cl2F3N2O2S. The Labute approximate surface area is 174 Å². The van der Waals surface area contributed by atoms with Crippen LogP contribution in [0.5, 0.6) is 0 Å². The van der Waals surface area contributed by atoms with Crippen LogP contribution < -0.4 is 4.72 Å². The first-order chi connectivity index (χ1) is 13.6. The van der Waals surface area contributed by atoms with Gasteiger partial charge in [-0.25, -0.2) is 9.00 Å². The zero-order valence-electron chi connectivity index (χ0n) is 14.3. The second-order valence-electron chi connectivity index (χ2n) is 5.79. The summed E-state index contributed by atoms with van der Waals surface area (Å²) >= 11 is 11.6. The summed E-state index contributed by atoms with van der Waals surface area (Å²) in [6.07, 6.45) is -3.25. The molecule has 0 aliphatic heterocycles. The van der Waals surface area contributed by atoms with Gasteiger partial charge in [-0.3, -0.25) is 9.71 Å². The van der Waals surface area contributed by atoms with E-state index in [2.05, 4.69) is 9.71 Å². The molecule has 1 aromatic heterocycles. The molecule has 0 radical (unpaired) electrons. The Bertz CT molecular complexity index is 1200. The Kier molecular flexibility index (Phi) is 5.91. The van der Waals surface area contributed by atoms with Gasteiger partial charge in [0, 0.05) is 16.8 Å². The quantitative estimate of drug-likeness (QED) is 0.501. The fraction of sp³-hybridized carbons (Fsp3) is 0.0526. The molecule has 0 aliphatic carbocycles. The first-order valence-corrected chi connectivity index (χ1v) is 10.2. The van der Waals surface area contributed by atoms with Crippen LogP contribution in [-0.2, 0) is 20.7 Å². The summed E-state index contributed by atoms with van der Waals surface area (Å²) in [7, 11) is -3.91. The lowest BCUT2D eigenvalue weighted by molar-refractivity contribution is -0.137. The van der Waals surface area contributed by atoms with Gasteiger partial charge in [0.1, 0.15) is 0 Å². The minimum Gasteiger partial charge on any atom is -0.300 e. The van der Waals surface area contributed by atoms with Gasteiger partial charge in [0.25, 0.3) is 0 Å². The lowest BCUT2D eigenvalue weighted by Crippen LogP contribution is -2.16. The van der Waals surface area contributed by atoms with E-state index >= 15 is 0 Å². The maximum absolute atomic E-state index is 13.2. The van der Waals surface area contributed by atoms with E-state index in [0.29, 0.717) is 17.3 Å². The molecule has 0 spiro atoms. The monoisotopic (exact) mass is 458 g/mol. The van der Waals surface area contributed by atoms with Crippen LogP contribution in [0.2, 0.25) is 10.0 Å². The average molecular weight is 459 g/mol. The number of nitrogens with one attached hydrogen (secondary N) is 1. The van der Waals surface area contributed by atoms with E-state index in [1.807, 2.05) is 0 Å². The minimum absolute atomic E-state index is 0.146. The van der Waals surface area contributed by atoms with Gasteiger partial charge in [-0.05, 0) is 48.5 Å². The maximum atomic E-state index is 13.2. The smallest absolute Gasteiger partial charge is 0.300 e. The fourth-order valence-corrected chi connectivity index (χ4v) is 4.20. The molecule has 1 N–H and O–H groups in total. The summed E-state index contributed by atoms with van der Waals surface area (Å²) in [4.78, 5) is 15.3. The van der Waals surface area contributed by atoms with Crippen LogP contribution in [0.25, 0.3) is 11.3 Å². The van der Waals surface area contributed by atoms with Crippen molar-refractivity contribution in [3.63, 3.8) is 0 Å². The van der Waals surface area contributed by atoms with Gasteiger partial charge in [-0.15, -0.1) is 0 Å². The van der Waals surface area contributed by atoms with Crippen molar-refractivity contribution in [3.05, 3.63) is 76.4 Å². The van der Waals surface area contributed by atoms with Crippen LogP contribution in [-0.4, -0.2) is 14.4 Å². The predicted molar refractivity (Wildman–Crippen MR) is 107 cm³/mol. The third-order valence-electron chi connectivity index (χ3n) is 3.87. The molecule has 0 aliphatic rings. The lowest BCUT2D eigenvalue weighted by atomic mass is 10.1. The Morgan fingerprint density at radius 2 is 1.79 bits per heavy atom. The summed E-state index contributed by atoms with van der Waals surface area (Å²) in [5.41, 5.74) is -0.139. The number of alkyl halides is 3. The standard InChI is InChI=1S/C19H11Cl2F3N2O2S/c20-12-4-6-14(17-3-1-2-8-25-17)18(9-12)26-29(28,11-27)13-5-7-16(21)15(10-13)19(22,23)24/h1-10H,(H,26,28). The molecule has 4 nitrogen and oxygen atoms in total. The van der Waals surface area contributed by atoms with Crippen LogP contribution >= 0.6 is 23.2 Å². The Morgan fingerprint density at radius 3 is 2.41 bits per heavy atom. The zero-order valence-corrected chi connectivity index (χ0v) is 16.7. The van der Waals surface area contributed by atoms with Crippen LogP contribution in [0.3, 0.4) is 0 Å². The van der Waals surface area contributed by atoms with E-state index in [9.17, 15) is 22.2 Å². The van der Waals surface area contributed by atoms with Crippen LogP contribution in [0.4, 0.5) is 18.9 Å². The highest BCUT2D eigenvalue weighted by atomic mass is 35.5. The maximum Gasteiger partial charge on any atom is 0.417 e. The molecule has 1 heterocycles. The van der Waals surface area contributed by atoms with Gasteiger partial charge >= 0.3 is 6.18 Å². The van der Waals surface area contributed by atoms with E-state index in [1.165, 1.54) is 17.5 Å². The molecule has 1 unspecified atom stereocenters. The van der Waals surface area contributed by atoms with Crippen molar-refractivity contribution in [1.29, 1.82) is 0 Å². The number of nitrogens with zero attached hydrogens (tertiary/aromatic N) is 1. The van der Waals surface area contributed by atoms with Gasteiger partial charge in [-0.1, -0.05) is 29.3 Å². The summed E-state index contributed by atoms with van der Waals surface area (Å²) in [6, 6.07) is 12.2. The number of hydrogen-bond acceptors (Lipinski definition) is 3. The third kappa shape index (κ3) is 4.57. The third-order valence-corrected chi connectivity index (χ3v) is 6.09. The van der Waals surface area contributed by atoms with Crippen LogP contribution in [0.1, 0.15) is 5.56 Å². The number of carbonyl (C=O) groups excluding carboxylic acids is 1. The highest BCUT2D eigenvalue weighted by Crippen LogP contribution is 2.37. The second kappa shape index (κ2) is 8.08. The topological polar surface area (TPSA) is 59.1 Å². The van der Waals surface area contributed by atoms with E-state index in [4.69, 9.17) is 23.2 Å². The number of anilines is 1. The number of benzene rings is 2. The van der Waals surface area contributed by atoms with Gasteiger partial charge in [0.15, 0.2) is 9.71 Å². The van der Waals surface area contributed by atoms with Gasteiger partial charge in [0.05, 0.1) is 26.9 Å². The van der Waals surface area contributed by atoms with Crippen molar-refractivity contribution in [3.8, 4) is 11.3 Å². The molecule has 0 fully saturated rings. The number of hydrogen-bond donors (Lipinski definition) is 1. The van der Waals surface area contributed by atoms with Crippen LogP contribution in [0.15, 0.2) is 65.7 Å². The molecule has 0 saturated carbocycles. The average Bonchev–Trinajstić information content (AvgIpc) is 2.68. The molecule has 3 aromatic rings. The molecule has 2 aromatic carbocycles. The van der Waals surface area contributed by atoms with Crippen molar-refractivity contribution >= 4 is 43.8 Å². The van der Waals surface area contributed by atoms with Crippen molar-refractivity contribution in [2.45, 2.75) is 11.1 Å². The molecule has 0 amide bonds. The van der Waals surface area contributed by atoms with Gasteiger partial charge < -0.3 is 0 Å². The Morgan fingerprint density at radius 1 is 1.03 bits per heavy atom. The Hall–Kier alpha value is -2.51. The predicted octanol–water partition coefficient (Wildman–Crippen LogP) is 5.81. The molecule has 1 atom stereocenters. The van der Waals surface area contributed by atoms with E-state index in [0.717, 1.165) is 12.1 Å². The van der Waals surface area contributed by atoms with Crippen molar-refractivity contribution in [1.82, 2.24) is 4.98 Å². The summed E-state index contributed by atoms with van der Waals surface area (Å²) in [6.45, 7) is 0. The Balaban J connectivity index is 2.14. The molecule has 10 heteroatoms. The molecule has 0 bridgehead atoms. The minimum atomic E-state index is -4.79. The number of aromatic nitrogens is 1. The molecule has 3 rings (SSSR count). The highest BCUT2D eigenvalue weighted by Gasteiger charge is 2.34. The molecule has 29 heavy (non-hydrogen) atoms. The first kappa shape index (κ1) is 21.2. The number of rotatable bonds is 4. The van der Waals surface area contributed by atoms with Crippen molar-refractivity contribution in [2.24, 2.45) is 0 Å². The first-order valence-electron chi connectivity index (χ1n) is 7.92. The van der Waals surface area contributed by atoms with Crippen LogP contribution in [0, 0.1) is 0 Å². The van der Waals surface area contributed by atoms with Gasteiger partial charge in [-0.2, -0.15) is 13.2 Å². The lowest BCUT2D eigenvalue weighted by Gasteiger charge is -2.16. The van der Waals surface area contributed by atoms with Gasteiger partial charge in [0.2, 0.25) is 5.23 Å². The summed E-state index contributed by atoms with van der Waals surface area (Å²) in [5, 5.41) is 1.01. The number of halogens is 5. The SMILES string of the molecule is O=C=S(=O)(Nc1cc(Cl)ccc1-c1ccccn1)c1ccc(Cl)c(C(F)(F)F)c1. The van der Waals surface area contributed by atoms with E-state index in [-0.39, 0.29) is 10.7 Å². The second-order valence-corrected chi connectivity index (χ2v) is 8.58. The van der Waals surface area contributed by atoms with E-state index < -0.39 is 31.4 Å². The zero-order chi connectivity index (χ0) is 21.2.